The summed E-state index contributed by atoms with van der Waals surface area (Å²) in [7, 11) is 0. The zero-order valence-corrected chi connectivity index (χ0v) is 22.4. The summed E-state index contributed by atoms with van der Waals surface area (Å²) in [4.78, 5) is 41.2. The molecule has 2 amide bonds. The number of thioether (sulfide) groups is 1. The number of hydrogen-bond acceptors (Lipinski definition) is 5. The van der Waals surface area contributed by atoms with Crippen LogP contribution in [-0.4, -0.2) is 35.2 Å². The molecule has 1 heterocycles. The van der Waals surface area contributed by atoms with Gasteiger partial charge in [-0.1, -0.05) is 30.7 Å². The summed E-state index contributed by atoms with van der Waals surface area (Å²) in [5.74, 6) is -1.06. The van der Waals surface area contributed by atoms with Crippen LogP contribution in [0.1, 0.15) is 62.9 Å². The largest absolute Gasteiger partial charge is 0.444 e. The molecule has 0 saturated heterocycles. The van der Waals surface area contributed by atoms with Crippen LogP contribution in [0.25, 0.3) is 0 Å². The first-order valence-electron chi connectivity index (χ1n) is 11.9. The van der Waals surface area contributed by atoms with Gasteiger partial charge in [0.2, 0.25) is 0 Å². The van der Waals surface area contributed by atoms with Gasteiger partial charge in [-0.05, 0) is 68.9 Å². The molecule has 1 aliphatic heterocycles. The highest BCUT2D eigenvalue weighted by Crippen LogP contribution is 2.49. The van der Waals surface area contributed by atoms with Crippen molar-refractivity contribution >= 4 is 46.8 Å². The van der Waals surface area contributed by atoms with E-state index in [0.717, 1.165) is 18.4 Å². The Balaban J connectivity index is 1.69. The van der Waals surface area contributed by atoms with Gasteiger partial charge in [-0.25, -0.2) is 9.18 Å². The van der Waals surface area contributed by atoms with Crippen LogP contribution in [-0.2, 0) is 16.1 Å². The van der Waals surface area contributed by atoms with Crippen LogP contribution in [0.2, 0.25) is 5.02 Å². The number of ether oxygens (including phenoxy) is 1. The number of nitrogens with one attached hydrogen (secondary N) is 1. The van der Waals surface area contributed by atoms with Gasteiger partial charge in [0.15, 0.2) is 5.78 Å². The molecule has 192 valence electrons. The lowest BCUT2D eigenvalue weighted by Crippen LogP contribution is -2.50. The molecule has 0 bridgehead atoms. The van der Waals surface area contributed by atoms with Gasteiger partial charge in [0.25, 0.3) is 5.91 Å². The lowest BCUT2D eigenvalue weighted by molar-refractivity contribution is -0.120. The second-order valence-corrected chi connectivity index (χ2v) is 12.3. The number of alkyl carbamates (subject to hydrolysis) is 1. The minimum atomic E-state index is -0.905. The van der Waals surface area contributed by atoms with E-state index in [1.165, 1.54) is 28.8 Å². The van der Waals surface area contributed by atoms with Crippen molar-refractivity contribution < 1.29 is 23.5 Å². The first-order valence-corrected chi connectivity index (χ1v) is 13.2. The van der Waals surface area contributed by atoms with Crippen LogP contribution in [0, 0.1) is 11.2 Å². The van der Waals surface area contributed by atoms with E-state index in [4.69, 9.17) is 16.3 Å². The van der Waals surface area contributed by atoms with Gasteiger partial charge in [0.05, 0.1) is 17.8 Å². The lowest BCUT2D eigenvalue weighted by Gasteiger charge is -2.27. The van der Waals surface area contributed by atoms with E-state index in [2.05, 4.69) is 5.32 Å². The molecule has 1 atom stereocenters. The Bertz CT molecular complexity index is 1190. The molecule has 36 heavy (non-hydrogen) atoms. The zero-order chi connectivity index (χ0) is 26.3. The Labute approximate surface area is 219 Å². The fourth-order valence-corrected chi connectivity index (χ4v) is 5.20. The summed E-state index contributed by atoms with van der Waals surface area (Å²) in [6.45, 7) is 7.39. The van der Waals surface area contributed by atoms with Crippen molar-refractivity contribution in [3.63, 3.8) is 0 Å². The first kappa shape index (κ1) is 26.5. The summed E-state index contributed by atoms with van der Waals surface area (Å²) < 4.78 is 20.4. The average Bonchev–Trinajstić information content (AvgIpc) is 3.52. The highest BCUT2D eigenvalue weighted by atomic mass is 35.5. The predicted octanol–water partition coefficient (Wildman–Crippen LogP) is 6.38. The van der Waals surface area contributed by atoms with Gasteiger partial charge in [0, 0.05) is 22.1 Å². The molecule has 2 aromatic rings. The predicted molar refractivity (Wildman–Crippen MR) is 139 cm³/mol. The number of nitrogens with zero attached hydrogens (tertiary/aromatic N) is 1. The highest BCUT2D eigenvalue weighted by molar-refractivity contribution is 7.99. The van der Waals surface area contributed by atoms with Gasteiger partial charge in [0.1, 0.15) is 17.5 Å². The average molecular weight is 533 g/mol. The third-order valence-electron chi connectivity index (χ3n) is 6.25. The third kappa shape index (κ3) is 6.40. The molecule has 2 aliphatic rings. The lowest BCUT2D eigenvalue weighted by atomic mass is 9.96. The number of Topliss-reactive ketones (excluding diaryl/α,β-unsaturated/α-hetero) is 1. The normalized spacial score (nSPS) is 18.8. The number of anilines is 1. The Morgan fingerprint density at radius 1 is 1.22 bits per heavy atom. The minimum Gasteiger partial charge on any atom is -0.444 e. The SMILES string of the molecule is CC1(CC(=O)c2cc3c(cc2F)SC[C@H](NC(=O)OC(C)(C)C)C(=O)N3Cc2ccc(Cl)cc2)CC1. The molecule has 6 nitrogen and oxygen atoms in total. The maximum atomic E-state index is 15.1. The van der Waals surface area contributed by atoms with Crippen LogP contribution >= 0.6 is 23.4 Å². The van der Waals surface area contributed by atoms with Crippen molar-refractivity contribution in [1.29, 1.82) is 0 Å². The number of halogens is 2. The second-order valence-electron chi connectivity index (χ2n) is 10.8. The first-order chi connectivity index (χ1) is 16.8. The molecule has 0 radical (unpaired) electrons. The number of hydrogen-bond donors (Lipinski definition) is 1. The van der Waals surface area contributed by atoms with E-state index < -0.39 is 23.6 Å². The topological polar surface area (TPSA) is 75.7 Å². The number of carbonyl (C=O) groups is 3. The monoisotopic (exact) mass is 532 g/mol. The summed E-state index contributed by atoms with van der Waals surface area (Å²) >= 11 is 7.28. The smallest absolute Gasteiger partial charge is 0.408 e. The Kier molecular flexibility index (Phi) is 7.40. The van der Waals surface area contributed by atoms with E-state index in [9.17, 15) is 14.4 Å². The summed E-state index contributed by atoms with van der Waals surface area (Å²) in [5.41, 5.74) is 0.415. The molecule has 0 aromatic heterocycles. The second kappa shape index (κ2) is 10.1. The number of benzene rings is 2. The summed E-state index contributed by atoms with van der Waals surface area (Å²) in [6.07, 6.45) is 1.45. The molecule has 0 unspecified atom stereocenters. The Hall–Kier alpha value is -2.58. The van der Waals surface area contributed by atoms with Crippen LogP contribution < -0.4 is 10.2 Å². The fraction of sp³-hybridized carbons (Fsp3) is 0.444. The van der Waals surface area contributed by atoms with E-state index in [1.54, 1.807) is 45.0 Å². The third-order valence-corrected chi connectivity index (χ3v) is 7.64. The number of fused-ring (bicyclic) bond motifs is 1. The van der Waals surface area contributed by atoms with E-state index in [0.29, 0.717) is 15.6 Å². The van der Waals surface area contributed by atoms with Crippen molar-refractivity contribution in [2.45, 2.75) is 70.0 Å². The van der Waals surface area contributed by atoms with Crippen LogP contribution in [0.4, 0.5) is 14.9 Å². The van der Waals surface area contributed by atoms with Crippen molar-refractivity contribution in [3.8, 4) is 0 Å². The standard InChI is InChI=1S/C27H30ClFN2O4S/c1-26(2,3)35-25(34)30-20-15-36-23-12-19(29)18(22(32)13-27(4)9-10-27)11-21(23)31(24(20)33)14-16-5-7-17(28)8-6-16/h5-8,11-12,20H,9-10,13-15H2,1-4H3,(H,30,34)/t20-/m0/s1. The molecule has 1 fully saturated rings. The number of ketones is 1. The number of rotatable bonds is 6. The van der Waals surface area contributed by atoms with Crippen molar-refractivity contribution in [2.75, 3.05) is 10.7 Å². The Morgan fingerprint density at radius 2 is 1.89 bits per heavy atom. The maximum Gasteiger partial charge on any atom is 0.408 e. The minimum absolute atomic E-state index is 0.0186. The quantitative estimate of drug-likeness (QED) is 0.437. The molecule has 9 heteroatoms. The molecule has 1 N–H and O–H groups in total. The van der Waals surface area contributed by atoms with E-state index in [1.807, 2.05) is 6.92 Å². The molecule has 1 saturated carbocycles. The highest BCUT2D eigenvalue weighted by Gasteiger charge is 2.40. The maximum absolute atomic E-state index is 15.1. The fourth-order valence-electron chi connectivity index (χ4n) is 4.00. The molecule has 2 aromatic carbocycles. The van der Waals surface area contributed by atoms with Gasteiger partial charge < -0.3 is 15.0 Å². The van der Waals surface area contributed by atoms with Gasteiger partial charge in [-0.15, -0.1) is 11.8 Å². The molecule has 0 spiro atoms. The van der Waals surface area contributed by atoms with Crippen molar-refractivity contribution in [3.05, 3.63) is 58.4 Å². The van der Waals surface area contributed by atoms with Gasteiger partial charge >= 0.3 is 6.09 Å². The van der Waals surface area contributed by atoms with Gasteiger partial charge in [-0.2, -0.15) is 0 Å². The number of carbonyl (C=O) groups excluding carboxylic acids is 3. The molecular formula is C27H30ClFN2O4S. The van der Waals surface area contributed by atoms with E-state index >= 15 is 4.39 Å². The van der Waals surface area contributed by atoms with Crippen LogP contribution in [0.15, 0.2) is 41.3 Å². The molecule has 4 rings (SSSR count). The van der Waals surface area contributed by atoms with Gasteiger partial charge in [-0.3, -0.25) is 9.59 Å². The van der Waals surface area contributed by atoms with Crippen LogP contribution in [0.5, 0.6) is 0 Å². The summed E-state index contributed by atoms with van der Waals surface area (Å²) in [5, 5.41) is 3.22. The summed E-state index contributed by atoms with van der Waals surface area (Å²) in [6, 6.07) is 8.94. The molecule has 1 aliphatic carbocycles. The Morgan fingerprint density at radius 3 is 2.50 bits per heavy atom. The van der Waals surface area contributed by atoms with E-state index in [-0.39, 0.29) is 41.4 Å². The molecular weight excluding hydrogens is 503 g/mol. The number of amides is 2. The van der Waals surface area contributed by atoms with Crippen LogP contribution in [0.3, 0.4) is 0 Å². The van der Waals surface area contributed by atoms with Crippen molar-refractivity contribution in [1.82, 2.24) is 5.32 Å². The van der Waals surface area contributed by atoms with Crippen molar-refractivity contribution in [2.24, 2.45) is 5.41 Å². The zero-order valence-electron chi connectivity index (χ0n) is 20.8.